The van der Waals surface area contributed by atoms with Crippen LogP contribution in [0.15, 0.2) is 53.9 Å². The van der Waals surface area contributed by atoms with Gasteiger partial charge in [0.1, 0.15) is 5.65 Å². The summed E-state index contributed by atoms with van der Waals surface area (Å²) in [4.78, 5) is 4.73. The molecule has 4 rings (SSSR count). The Labute approximate surface area is 161 Å². The highest BCUT2D eigenvalue weighted by Gasteiger charge is 2.14. The minimum Gasteiger partial charge on any atom is -0.307 e. The quantitative estimate of drug-likeness (QED) is 0.461. The fraction of sp³-hybridized carbons (Fsp3) is 0.211. The smallest absolute Gasteiger partial charge is 0.191 e. The van der Waals surface area contributed by atoms with Gasteiger partial charge in [-0.2, -0.15) is 0 Å². The number of fused-ring (bicyclic) bond motifs is 1. The molecule has 26 heavy (non-hydrogen) atoms. The maximum Gasteiger partial charge on any atom is 0.191 e. The van der Waals surface area contributed by atoms with Gasteiger partial charge >= 0.3 is 0 Å². The summed E-state index contributed by atoms with van der Waals surface area (Å²) in [7, 11) is 0. The number of imidazole rings is 1. The van der Waals surface area contributed by atoms with E-state index in [1.165, 1.54) is 5.56 Å². The standard InChI is InChI=1S/C19H18ClN5S/c1-3-25-18(14-6-8-15(20)9-7-14)22-23-19(25)26-12-16-11-24-10-4-5-13(2)17(24)21-16/h4-11H,3,12H2,1-2H3. The van der Waals surface area contributed by atoms with Crippen LogP contribution in [0.1, 0.15) is 18.2 Å². The number of nitrogens with zero attached hydrogens (tertiary/aromatic N) is 5. The number of thioether (sulfide) groups is 1. The maximum atomic E-state index is 5.98. The number of hydrogen-bond donors (Lipinski definition) is 0. The van der Waals surface area contributed by atoms with Crippen LogP contribution in [0.3, 0.4) is 0 Å². The van der Waals surface area contributed by atoms with E-state index in [1.54, 1.807) is 11.8 Å². The first-order valence-electron chi connectivity index (χ1n) is 8.41. The van der Waals surface area contributed by atoms with Crippen molar-refractivity contribution in [2.45, 2.75) is 31.3 Å². The molecule has 0 unspecified atom stereocenters. The van der Waals surface area contributed by atoms with Crippen molar-refractivity contribution in [2.24, 2.45) is 0 Å². The van der Waals surface area contributed by atoms with Crippen molar-refractivity contribution in [3.8, 4) is 11.4 Å². The first-order chi connectivity index (χ1) is 12.7. The highest BCUT2D eigenvalue weighted by Crippen LogP contribution is 2.27. The number of rotatable bonds is 5. The average Bonchev–Trinajstić information content (AvgIpc) is 3.24. The van der Waals surface area contributed by atoms with Crippen LogP contribution in [-0.4, -0.2) is 24.1 Å². The van der Waals surface area contributed by atoms with Gasteiger partial charge in [-0.3, -0.25) is 0 Å². The molecule has 4 aromatic rings. The van der Waals surface area contributed by atoms with Crippen LogP contribution in [0.2, 0.25) is 5.02 Å². The summed E-state index contributed by atoms with van der Waals surface area (Å²) in [6, 6.07) is 11.8. The van der Waals surface area contributed by atoms with Crippen molar-refractivity contribution in [1.29, 1.82) is 0 Å². The van der Waals surface area contributed by atoms with Gasteiger partial charge in [0.25, 0.3) is 0 Å². The van der Waals surface area contributed by atoms with E-state index < -0.39 is 0 Å². The lowest BCUT2D eigenvalue weighted by molar-refractivity contribution is 0.687. The minimum atomic E-state index is 0.716. The monoisotopic (exact) mass is 383 g/mol. The Bertz CT molecular complexity index is 1050. The largest absolute Gasteiger partial charge is 0.307 e. The van der Waals surface area contributed by atoms with E-state index in [2.05, 4.69) is 45.3 Å². The number of halogens is 1. The summed E-state index contributed by atoms with van der Waals surface area (Å²) in [6.07, 6.45) is 4.10. The molecule has 3 aromatic heterocycles. The molecule has 3 heterocycles. The molecule has 0 aliphatic rings. The minimum absolute atomic E-state index is 0.716. The highest BCUT2D eigenvalue weighted by atomic mass is 35.5. The van der Waals surface area contributed by atoms with Crippen molar-refractivity contribution < 1.29 is 0 Å². The maximum absolute atomic E-state index is 5.98. The number of aromatic nitrogens is 5. The third-order valence-corrected chi connectivity index (χ3v) is 5.46. The molecular weight excluding hydrogens is 366 g/mol. The fourth-order valence-electron chi connectivity index (χ4n) is 2.91. The molecule has 0 bridgehead atoms. The summed E-state index contributed by atoms with van der Waals surface area (Å²) in [5, 5.41) is 10.4. The zero-order chi connectivity index (χ0) is 18.1. The van der Waals surface area contributed by atoms with Gasteiger partial charge in [-0.15, -0.1) is 10.2 Å². The van der Waals surface area contributed by atoms with Crippen LogP contribution < -0.4 is 0 Å². The van der Waals surface area contributed by atoms with Gasteiger partial charge in [0.05, 0.1) is 5.69 Å². The van der Waals surface area contributed by atoms with Crippen LogP contribution in [0.4, 0.5) is 0 Å². The number of benzene rings is 1. The van der Waals surface area contributed by atoms with E-state index in [-0.39, 0.29) is 0 Å². The third kappa shape index (κ3) is 3.22. The molecule has 0 saturated heterocycles. The molecule has 0 N–H and O–H groups in total. The molecule has 0 spiro atoms. The van der Waals surface area contributed by atoms with Crippen LogP contribution in [0.5, 0.6) is 0 Å². The second-order valence-electron chi connectivity index (χ2n) is 6.00. The Morgan fingerprint density at radius 3 is 2.65 bits per heavy atom. The third-order valence-electron chi connectivity index (χ3n) is 4.21. The lowest BCUT2D eigenvalue weighted by Crippen LogP contribution is -1.99. The second-order valence-corrected chi connectivity index (χ2v) is 7.38. The van der Waals surface area contributed by atoms with Crippen molar-refractivity contribution in [3.63, 3.8) is 0 Å². The Morgan fingerprint density at radius 2 is 1.92 bits per heavy atom. The van der Waals surface area contributed by atoms with E-state index in [9.17, 15) is 0 Å². The van der Waals surface area contributed by atoms with Gasteiger partial charge in [0.15, 0.2) is 11.0 Å². The summed E-state index contributed by atoms with van der Waals surface area (Å²) in [5.74, 6) is 1.61. The van der Waals surface area contributed by atoms with Crippen LogP contribution in [0.25, 0.3) is 17.0 Å². The molecule has 0 atom stereocenters. The molecule has 5 nitrogen and oxygen atoms in total. The Balaban J connectivity index is 1.58. The normalized spacial score (nSPS) is 11.3. The van der Waals surface area contributed by atoms with Crippen molar-refractivity contribution in [1.82, 2.24) is 24.1 Å². The topological polar surface area (TPSA) is 48.0 Å². The number of hydrogen-bond acceptors (Lipinski definition) is 4. The summed E-state index contributed by atoms with van der Waals surface area (Å²) >= 11 is 7.64. The van der Waals surface area contributed by atoms with Gasteiger partial charge in [-0.25, -0.2) is 4.98 Å². The van der Waals surface area contributed by atoms with Gasteiger partial charge in [-0.05, 0) is 49.7 Å². The van der Waals surface area contributed by atoms with Crippen LogP contribution >= 0.6 is 23.4 Å². The fourth-order valence-corrected chi connectivity index (χ4v) is 3.92. The van der Waals surface area contributed by atoms with Gasteiger partial charge in [0, 0.05) is 35.3 Å². The van der Waals surface area contributed by atoms with E-state index in [4.69, 9.17) is 16.6 Å². The summed E-state index contributed by atoms with van der Waals surface area (Å²) < 4.78 is 4.18. The van der Waals surface area contributed by atoms with E-state index in [0.29, 0.717) is 5.02 Å². The molecule has 0 aliphatic carbocycles. The second kappa shape index (κ2) is 7.13. The molecular formula is C19H18ClN5S. The average molecular weight is 384 g/mol. The van der Waals surface area contributed by atoms with Crippen molar-refractivity contribution in [2.75, 3.05) is 0 Å². The molecule has 1 aromatic carbocycles. The predicted octanol–water partition coefficient (Wildman–Crippen LogP) is 4.87. The SMILES string of the molecule is CCn1c(SCc2cn3cccc(C)c3n2)nnc1-c1ccc(Cl)cc1. The first-order valence-corrected chi connectivity index (χ1v) is 9.77. The zero-order valence-corrected chi connectivity index (χ0v) is 16.1. The van der Waals surface area contributed by atoms with Crippen molar-refractivity contribution in [3.05, 3.63) is 65.1 Å². The molecule has 7 heteroatoms. The van der Waals surface area contributed by atoms with E-state index >= 15 is 0 Å². The Morgan fingerprint density at radius 1 is 1.12 bits per heavy atom. The van der Waals surface area contributed by atoms with Gasteiger partial charge < -0.3 is 8.97 Å². The molecule has 0 radical (unpaired) electrons. The summed E-state index contributed by atoms with van der Waals surface area (Å²) in [5.41, 5.74) is 4.22. The molecule has 132 valence electrons. The lowest BCUT2D eigenvalue weighted by Gasteiger charge is -2.06. The van der Waals surface area contributed by atoms with E-state index in [0.717, 1.165) is 40.2 Å². The lowest BCUT2D eigenvalue weighted by atomic mass is 10.2. The molecule has 0 fully saturated rings. The van der Waals surface area contributed by atoms with Crippen LogP contribution in [0, 0.1) is 6.92 Å². The van der Waals surface area contributed by atoms with E-state index in [1.807, 2.05) is 36.5 Å². The number of pyridine rings is 1. The number of aryl methyl sites for hydroxylation is 1. The molecule has 0 saturated carbocycles. The Kier molecular flexibility index (Phi) is 4.70. The van der Waals surface area contributed by atoms with Crippen LogP contribution in [-0.2, 0) is 12.3 Å². The van der Waals surface area contributed by atoms with Gasteiger partial charge in [0.2, 0.25) is 0 Å². The predicted molar refractivity (Wildman–Crippen MR) is 106 cm³/mol. The molecule has 0 amide bonds. The Hall–Kier alpha value is -2.31. The summed E-state index contributed by atoms with van der Waals surface area (Å²) in [6.45, 7) is 4.98. The van der Waals surface area contributed by atoms with Gasteiger partial charge in [-0.1, -0.05) is 29.4 Å². The highest BCUT2D eigenvalue weighted by molar-refractivity contribution is 7.98. The zero-order valence-electron chi connectivity index (χ0n) is 14.6. The molecule has 0 aliphatic heterocycles. The first kappa shape index (κ1) is 17.1. The van der Waals surface area contributed by atoms with Crippen molar-refractivity contribution >= 4 is 29.0 Å².